The van der Waals surface area contributed by atoms with E-state index in [2.05, 4.69) is 4.98 Å². The molecule has 2 heterocycles. The van der Waals surface area contributed by atoms with Gasteiger partial charge in [-0.25, -0.2) is 9.97 Å². The van der Waals surface area contributed by atoms with Crippen molar-refractivity contribution in [2.45, 2.75) is 31.9 Å². The van der Waals surface area contributed by atoms with Crippen LogP contribution in [0.25, 0.3) is 22.6 Å². The lowest BCUT2D eigenvalue weighted by Crippen LogP contribution is -2.14. The minimum absolute atomic E-state index is 0. The van der Waals surface area contributed by atoms with Crippen molar-refractivity contribution in [3.05, 3.63) is 71.3 Å². The topological polar surface area (TPSA) is 107 Å². The van der Waals surface area contributed by atoms with Crippen LogP contribution in [0.4, 0.5) is 0 Å². The third-order valence-corrected chi connectivity index (χ3v) is 5.22. The number of halogens is 2. The van der Waals surface area contributed by atoms with Crippen LogP contribution < -0.4 is 5.73 Å². The molecule has 0 spiro atoms. The number of para-hydroxylation sites is 1. The van der Waals surface area contributed by atoms with Crippen molar-refractivity contribution in [2.75, 3.05) is 0 Å². The molecule has 3 N–H and O–H groups in total. The summed E-state index contributed by atoms with van der Waals surface area (Å²) in [5.74, 6) is -0.0976. The van der Waals surface area contributed by atoms with Crippen molar-refractivity contribution in [3.8, 4) is 11.5 Å². The summed E-state index contributed by atoms with van der Waals surface area (Å²) < 4.78 is 7.81. The van der Waals surface area contributed by atoms with Crippen molar-refractivity contribution < 1.29 is 14.3 Å². The molecule has 7 nitrogen and oxygen atoms in total. The summed E-state index contributed by atoms with van der Waals surface area (Å²) in [6, 6.07) is 12.8. The summed E-state index contributed by atoms with van der Waals surface area (Å²) in [6.07, 6.45) is 3.91. The van der Waals surface area contributed by atoms with Crippen LogP contribution in [0.1, 0.15) is 41.9 Å². The molecule has 0 saturated carbocycles. The Kier molecular flexibility index (Phi) is 7.00. The van der Waals surface area contributed by atoms with Crippen molar-refractivity contribution in [3.63, 3.8) is 0 Å². The van der Waals surface area contributed by atoms with Gasteiger partial charge in [-0.3, -0.25) is 4.79 Å². The quantitative estimate of drug-likeness (QED) is 0.418. The molecule has 0 saturated heterocycles. The number of imidazole rings is 1. The molecule has 9 heteroatoms. The van der Waals surface area contributed by atoms with Crippen LogP contribution in [0.3, 0.4) is 0 Å². The summed E-state index contributed by atoms with van der Waals surface area (Å²) >= 11 is 5.98. The van der Waals surface area contributed by atoms with Gasteiger partial charge in [-0.1, -0.05) is 23.7 Å². The van der Waals surface area contributed by atoms with Crippen LogP contribution in [-0.2, 0) is 0 Å². The van der Waals surface area contributed by atoms with E-state index in [1.165, 1.54) is 0 Å². The van der Waals surface area contributed by atoms with E-state index in [-0.39, 0.29) is 24.1 Å². The van der Waals surface area contributed by atoms with Gasteiger partial charge < -0.3 is 19.8 Å². The Labute approximate surface area is 190 Å². The molecule has 0 aliphatic carbocycles. The molecular weight excluding hydrogens is 439 g/mol. The largest absolute Gasteiger partial charge is 0.436 e. The van der Waals surface area contributed by atoms with Gasteiger partial charge in [-0.15, -0.1) is 12.4 Å². The van der Waals surface area contributed by atoms with Crippen LogP contribution in [0.15, 0.2) is 59.4 Å². The summed E-state index contributed by atoms with van der Waals surface area (Å²) in [5.41, 5.74) is 8.64. The number of carbonyl (C=O) groups excluding carboxylic acids is 1. The molecule has 0 bridgehead atoms. The number of oxazole rings is 1. The van der Waals surface area contributed by atoms with Crippen LogP contribution in [0, 0.1) is 0 Å². The average molecular weight is 461 g/mol. The summed E-state index contributed by atoms with van der Waals surface area (Å²) in [6.45, 7) is 1.75. The minimum atomic E-state index is -0.590. The SMILES string of the molecule is C[C@H](O)CCC(c1cccc2oc(-c3ccc(Cl)cc3)nc12)n1cnc(C(N)=O)c1.Cl. The van der Waals surface area contributed by atoms with Gasteiger partial charge in [0.15, 0.2) is 5.58 Å². The van der Waals surface area contributed by atoms with E-state index in [1.807, 2.05) is 34.9 Å². The number of amides is 1. The molecule has 2 atom stereocenters. The smallest absolute Gasteiger partial charge is 0.268 e. The highest BCUT2D eigenvalue weighted by molar-refractivity contribution is 6.30. The van der Waals surface area contributed by atoms with Crippen molar-refractivity contribution in [1.82, 2.24) is 14.5 Å². The Morgan fingerprint density at radius 2 is 1.97 bits per heavy atom. The molecule has 4 rings (SSSR count). The van der Waals surface area contributed by atoms with Gasteiger partial charge in [0.25, 0.3) is 5.91 Å². The van der Waals surface area contributed by atoms with Crippen molar-refractivity contribution >= 4 is 41.0 Å². The molecule has 162 valence electrons. The molecule has 4 aromatic rings. The maximum Gasteiger partial charge on any atom is 0.268 e. The number of hydrogen-bond acceptors (Lipinski definition) is 5. The molecular formula is C22H22Cl2N4O3. The van der Waals surface area contributed by atoms with Crippen LogP contribution in [-0.4, -0.2) is 31.7 Å². The molecule has 0 aliphatic heterocycles. The average Bonchev–Trinajstić information content (AvgIpc) is 3.36. The molecule has 0 radical (unpaired) electrons. The molecule has 0 fully saturated rings. The monoisotopic (exact) mass is 460 g/mol. The highest BCUT2D eigenvalue weighted by atomic mass is 35.5. The van der Waals surface area contributed by atoms with E-state index in [0.717, 1.165) is 11.1 Å². The normalized spacial score (nSPS) is 13.0. The third-order valence-electron chi connectivity index (χ3n) is 4.97. The fraction of sp³-hybridized carbons (Fsp3) is 0.227. The number of aliphatic hydroxyl groups is 1. The number of benzene rings is 2. The lowest BCUT2D eigenvalue weighted by molar-refractivity contribution is 0.0996. The maximum absolute atomic E-state index is 11.5. The first kappa shape index (κ1) is 22.8. The highest BCUT2D eigenvalue weighted by Crippen LogP contribution is 2.33. The number of primary amides is 1. The lowest BCUT2D eigenvalue weighted by atomic mass is 9.99. The number of nitrogens with two attached hydrogens (primary N) is 1. The Hall–Kier alpha value is -2.87. The standard InChI is InChI=1S/C22H21ClN4O3.ClH/c1-13(28)5-10-18(27-11-17(21(24)29)25-12-27)16-3-2-4-19-20(16)26-22(30-19)14-6-8-15(23)9-7-14;/h2-4,6-9,11-13,18,28H,5,10H2,1H3,(H2,24,29);1H/t13-,18?;/m0./s1. The molecule has 0 aliphatic rings. The number of nitrogens with zero attached hydrogens (tertiary/aromatic N) is 3. The first-order chi connectivity index (χ1) is 14.4. The second-order valence-corrected chi connectivity index (χ2v) is 7.67. The van der Waals surface area contributed by atoms with Gasteiger partial charge in [0.2, 0.25) is 5.89 Å². The van der Waals surface area contributed by atoms with Gasteiger partial charge in [0.05, 0.1) is 18.5 Å². The van der Waals surface area contributed by atoms with E-state index in [9.17, 15) is 9.90 Å². The summed E-state index contributed by atoms with van der Waals surface area (Å²) in [7, 11) is 0. The first-order valence-electron chi connectivity index (χ1n) is 9.59. The fourth-order valence-corrected chi connectivity index (χ4v) is 3.58. The van der Waals surface area contributed by atoms with E-state index in [0.29, 0.717) is 34.9 Å². The Bertz CT molecular complexity index is 1190. The molecule has 2 aromatic heterocycles. The Morgan fingerprint density at radius 1 is 1.23 bits per heavy atom. The number of aromatic nitrogens is 3. The zero-order chi connectivity index (χ0) is 21.3. The molecule has 2 aromatic carbocycles. The highest BCUT2D eigenvalue weighted by Gasteiger charge is 2.22. The zero-order valence-corrected chi connectivity index (χ0v) is 18.3. The number of carbonyl (C=O) groups is 1. The van der Waals surface area contributed by atoms with Crippen molar-refractivity contribution in [2.24, 2.45) is 5.73 Å². The maximum atomic E-state index is 11.5. The van der Waals surface area contributed by atoms with Gasteiger partial charge in [0.1, 0.15) is 11.2 Å². The first-order valence-corrected chi connectivity index (χ1v) is 9.97. The van der Waals surface area contributed by atoms with E-state index in [1.54, 1.807) is 31.6 Å². The molecule has 31 heavy (non-hydrogen) atoms. The van der Waals surface area contributed by atoms with Gasteiger partial charge >= 0.3 is 0 Å². The van der Waals surface area contributed by atoms with Gasteiger partial charge in [-0.2, -0.15) is 0 Å². The minimum Gasteiger partial charge on any atom is -0.436 e. The van der Waals surface area contributed by atoms with Gasteiger partial charge in [-0.05, 0) is 50.1 Å². The van der Waals surface area contributed by atoms with Crippen molar-refractivity contribution in [1.29, 1.82) is 0 Å². The molecule has 1 unspecified atom stereocenters. The van der Waals surface area contributed by atoms with Crippen LogP contribution in [0.5, 0.6) is 0 Å². The lowest BCUT2D eigenvalue weighted by Gasteiger charge is -2.20. The fourth-order valence-electron chi connectivity index (χ4n) is 3.45. The number of hydrogen-bond donors (Lipinski definition) is 2. The Morgan fingerprint density at radius 3 is 2.61 bits per heavy atom. The zero-order valence-electron chi connectivity index (χ0n) is 16.7. The molecule has 1 amide bonds. The Balaban J connectivity index is 0.00000272. The van der Waals surface area contributed by atoms with E-state index >= 15 is 0 Å². The predicted octanol–water partition coefficient (Wildman–Crippen LogP) is 4.62. The third kappa shape index (κ3) is 4.90. The summed E-state index contributed by atoms with van der Waals surface area (Å²) in [5, 5.41) is 10.5. The van der Waals surface area contributed by atoms with E-state index < -0.39 is 12.0 Å². The summed E-state index contributed by atoms with van der Waals surface area (Å²) in [4.78, 5) is 20.3. The van der Waals surface area contributed by atoms with Crippen LogP contribution >= 0.6 is 24.0 Å². The predicted molar refractivity (Wildman–Crippen MR) is 122 cm³/mol. The second-order valence-electron chi connectivity index (χ2n) is 7.23. The van der Waals surface area contributed by atoms with Gasteiger partial charge in [0, 0.05) is 22.3 Å². The number of fused-ring (bicyclic) bond motifs is 1. The number of aliphatic hydroxyl groups excluding tert-OH is 1. The second kappa shape index (κ2) is 9.51. The number of rotatable bonds is 7. The van der Waals surface area contributed by atoms with Crippen LogP contribution in [0.2, 0.25) is 5.02 Å². The van der Waals surface area contributed by atoms with E-state index in [4.69, 9.17) is 26.7 Å².